The van der Waals surface area contributed by atoms with Crippen LogP contribution in [0.25, 0.3) is 0 Å². The van der Waals surface area contributed by atoms with E-state index in [9.17, 15) is 13.2 Å². The van der Waals surface area contributed by atoms with Gasteiger partial charge in [0, 0.05) is 4.47 Å². The molecule has 0 spiro atoms. The van der Waals surface area contributed by atoms with Crippen molar-refractivity contribution >= 4 is 31.9 Å². The highest BCUT2D eigenvalue weighted by molar-refractivity contribution is 9.10. The van der Waals surface area contributed by atoms with Crippen LogP contribution in [0.4, 0.5) is 0 Å². The molecule has 1 atom stereocenters. The lowest BCUT2D eigenvalue weighted by atomic mass is 10.1. The van der Waals surface area contributed by atoms with Crippen LogP contribution in [0.15, 0.2) is 33.6 Å². The highest BCUT2D eigenvalue weighted by Gasteiger charge is 2.29. The first-order valence-electron chi connectivity index (χ1n) is 6.09. The van der Waals surface area contributed by atoms with E-state index in [0.717, 1.165) is 4.47 Å². The molecule has 0 aliphatic carbocycles. The average molecular weight is 375 g/mol. The number of ether oxygens (including phenoxy) is 1. The minimum Gasteiger partial charge on any atom is -0.449 e. The topological polar surface area (TPSA) is 96.3 Å². The number of carbonyl (C=O) groups is 1. The molecule has 0 aliphatic rings. The molecule has 0 radical (unpaired) electrons. The molecule has 1 aromatic carbocycles. The fraction of sp³-hybridized carbons (Fsp3) is 0.385. The van der Waals surface area contributed by atoms with E-state index in [-0.39, 0.29) is 10.8 Å². The fourth-order valence-electron chi connectivity index (χ4n) is 1.50. The van der Waals surface area contributed by atoms with Crippen molar-refractivity contribution in [1.82, 2.24) is 4.72 Å². The predicted octanol–water partition coefficient (Wildman–Crippen LogP) is 1.82. The number of sulfonamides is 1. The molecule has 0 unspecified atom stereocenters. The summed E-state index contributed by atoms with van der Waals surface area (Å²) in [5.41, 5.74) is 0. The molecule has 0 saturated carbocycles. The van der Waals surface area contributed by atoms with E-state index in [4.69, 9.17) is 5.26 Å². The van der Waals surface area contributed by atoms with Crippen LogP contribution < -0.4 is 4.72 Å². The Hall–Kier alpha value is -1.43. The summed E-state index contributed by atoms with van der Waals surface area (Å²) in [6.07, 6.45) is 0. The molecule has 21 heavy (non-hydrogen) atoms. The summed E-state index contributed by atoms with van der Waals surface area (Å²) < 4.78 is 32.2. The second-order valence-electron chi connectivity index (χ2n) is 4.56. The van der Waals surface area contributed by atoms with E-state index in [1.54, 1.807) is 32.0 Å². The molecule has 0 heterocycles. The lowest BCUT2D eigenvalue weighted by molar-refractivity contribution is -0.145. The summed E-state index contributed by atoms with van der Waals surface area (Å²) >= 11 is 3.22. The first-order valence-corrected chi connectivity index (χ1v) is 8.37. The van der Waals surface area contributed by atoms with E-state index in [1.807, 2.05) is 0 Å². The van der Waals surface area contributed by atoms with Gasteiger partial charge in [0.15, 0.2) is 6.61 Å². The number of esters is 1. The third kappa shape index (κ3) is 5.12. The summed E-state index contributed by atoms with van der Waals surface area (Å²) in [4.78, 5) is 11.8. The van der Waals surface area contributed by atoms with Gasteiger partial charge < -0.3 is 4.74 Å². The Morgan fingerprint density at radius 3 is 2.43 bits per heavy atom. The van der Waals surface area contributed by atoms with Crippen molar-refractivity contribution in [3.8, 4) is 6.07 Å². The number of nitriles is 1. The van der Waals surface area contributed by atoms with Crippen molar-refractivity contribution in [2.24, 2.45) is 5.92 Å². The smallest absolute Gasteiger partial charge is 0.325 e. The molecule has 0 bridgehead atoms. The number of halogens is 1. The van der Waals surface area contributed by atoms with Gasteiger partial charge in [0.25, 0.3) is 0 Å². The number of benzene rings is 1. The van der Waals surface area contributed by atoms with E-state index < -0.39 is 28.6 Å². The Balaban J connectivity index is 2.95. The molecule has 1 aromatic rings. The molecule has 0 saturated heterocycles. The third-order valence-electron chi connectivity index (χ3n) is 2.61. The maximum atomic E-state index is 12.2. The highest BCUT2D eigenvalue weighted by Crippen LogP contribution is 2.16. The maximum Gasteiger partial charge on any atom is 0.325 e. The van der Waals surface area contributed by atoms with Crippen LogP contribution in [-0.2, 0) is 19.6 Å². The molecule has 8 heteroatoms. The van der Waals surface area contributed by atoms with Gasteiger partial charge in [-0.1, -0.05) is 29.8 Å². The Kier molecular flexibility index (Phi) is 6.33. The number of carbonyl (C=O) groups excluding carboxylic acids is 1. The van der Waals surface area contributed by atoms with E-state index in [2.05, 4.69) is 25.4 Å². The molecule has 0 aromatic heterocycles. The van der Waals surface area contributed by atoms with Crippen LogP contribution in [0.5, 0.6) is 0 Å². The largest absolute Gasteiger partial charge is 0.449 e. The van der Waals surface area contributed by atoms with Crippen molar-refractivity contribution in [2.75, 3.05) is 6.61 Å². The monoisotopic (exact) mass is 374 g/mol. The van der Waals surface area contributed by atoms with Gasteiger partial charge >= 0.3 is 5.97 Å². The predicted molar refractivity (Wildman–Crippen MR) is 79.7 cm³/mol. The standard InChI is InChI=1S/C13H15BrN2O4S/c1-9(2)12(13(17)20-8-7-15)16-21(18,19)11-5-3-10(14)4-6-11/h3-6,9,12,16H,8H2,1-2H3/t12-/m0/s1. The minimum absolute atomic E-state index is 0.0458. The molecular weight excluding hydrogens is 360 g/mol. The van der Waals surface area contributed by atoms with Gasteiger partial charge in [0.1, 0.15) is 12.1 Å². The molecule has 0 fully saturated rings. The molecule has 1 N–H and O–H groups in total. The summed E-state index contributed by atoms with van der Waals surface area (Å²) in [6, 6.07) is 6.64. The fourth-order valence-corrected chi connectivity index (χ4v) is 3.10. The van der Waals surface area contributed by atoms with Crippen LogP contribution in [0.3, 0.4) is 0 Å². The van der Waals surface area contributed by atoms with Crippen LogP contribution >= 0.6 is 15.9 Å². The molecular formula is C13H15BrN2O4S. The molecule has 6 nitrogen and oxygen atoms in total. The summed E-state index contributed by atoms with van der Waals surface area (Å²) in [6.45, 7) is 2.95. The Morgan fingerprint density at radius 2 is 1.95 bits per heavy atom. The first-order chi connectivity index (χ1) is 9.77. The van der Waals surface area contributed by atoms with Gasteiger partial charge in [-0.15, -0.1) is 0 Å². The molecule has 0 aliphatic heterocycles. The second kappa shape index (κ2) is 7.54. The van der Waals surface area contributed by atoms with E-state index >= 15 is 0 Å². The zero-order valence-electron chi connectivity index (χ0n) is 11.5. The van der Waals surface area contributed by atoms with Crippen molar-refractivity contribution in [1.29, 1.82) is 5.26 Å². The molecule has 0 amide bonds. The molecule has 1 rings (SSSR count). The van der Waals surface area contributed by atoms with Gasteiger partial charge in [-0.05, 0) is 30.2 Å². The Labute approximate surface area is 132 Å². The van der Waals surface area contributed by atoms with Crippen molar-refractivity contribution in [3.05, 3.63) is 28.7 Å². The van der Waals surface area contributed by atoms with Gasteiger partial charge in [0.2, 0.25) is 10.0 Å². The lowest BCUT2D eigenvalue weighted by Gasteiger charge is -2.20. The first kappa shape index (κ1) is 17.6. The van der Waals surface area contributed by atoms with Crippen LogP contribution in [0, 0.1) is 17.2 Å². The van der Waals surface area contributed by atoms with Crippen molar-refractivity contribution in [2.45, 2.75) is 24.8 Å². The Morgan fingerprint density at radius 1 is 1.38 bits per heavy atom. The average Bonchev–Trinajstić information content (AvgIpc) is 2.42. The van der Waals surface area contributed by atoms with Gasteiger partial charge in [-0.2, -0.15) is 9.98 Å². The summed E-state index contributed by atoms with van der Waals surface area (Å²) in [5, 5.41) is 8.40. The Bertz CT molecular complexity index is 635. The SMILES string of the molecule is CC(C)[C@H](NS(=O)(=O)c1ccc(Br)cc1)C(=O)OCC#N. The molecule has 114 valence electrons. The zero-order valence-corrected chi connectivity index (χ0v) is 13.9. The minimum atomic E-state index is -3.85. The number of nitrogens with one attached hydrogen (secondary N) is 1. The number of hydrogen-bond acceptors (Lipinski definition) is 5. The van der Waals surface area contributed by atoms with Crippen LogP contribution in [0.2, 0.25) is 0 Å². The van der Waals surface area contributed by atoms with Gasteiger partial charge in [-0.3, -0.25) is 4.79 Å². The summed E-state index contributed by atoms with van der Waals surface area (Å²) in [5.74, 6) is -1.09. The van der Waals surface area contributed by atoms with Gasteiger partial charge in [-0.25, -0.2) is 8.42 Å². The summed E-state index contributed by atoms with van der Waals surface area (Å²) in [7, 11) is -3.85. The highest BCUT2D eigenvalue weighted by atomic mass is 79.9. The van der Waals surface area contributed by atoms with Crippen LogP contribution in [-0.4, -0.2) is 27.0 Å². The number of nitrogens with zero attached hydrogens (tertiary/aromatic N) is 1. The van der Waals surface area contributed by atoms with E-state index in [0.29, 0.717) is 0 Å². The van der Waals surface area contributed by atoms with Gasteiger partial charge in [0.05, 0.1) is 4.90 Å². The third-order valence-corrected chi connectivity index (χ3v) is 4.59. The number of hydrogen-bond donors (Lipinski definition) is 1. The second-order valence-corrected chi connectivity index (χ2v) is 7.19. The zero-order chi connectivity index (χ0) is 16.0. The van der Waals surface area contributed by atoms with Crippen LogP contribution in [0.1, 0.15) is 13.8 Å². The van der Waals surface area contributed by atoms with E-state index in [1.165, 1.54) is 12.1 Å². The maximum absolute atomic E-state index is 12.2. The normalized spacial score (nSPS) is 12.7. The van der Waals surface area contributed by atoms with Crippen molar-refractivity contribution in [3.63, 3.8) is 0 Å². The number of rotatable bonds is 6. The van der Waals surface area contributed by atoms with Crippen molar-refractivity contribution < 1.29 is 17.9 Å². The lowest BCUT2D eigenvalue weighted by Crippen LogP contribution is -2.45. The quantitative estimate of drug-likeness (QED) is 0.765.